The van der Waals surface area contributed by atoms with E-state index in [1.54, 1.807) is 0 Å². The van der Waals surface area contributed by atoms with Crippen molar-refractivity contribution in [3.05, 3.63) is 0 Å². The van der Waals surface area contributed by atoms with Crippen molar-refractivity contribution in [2.75, 3.05) is 6.54 Å². The molecule has 0 spiro atoms. The van der Waals surface area contributed by atoms with Crippen LogP contribution >= 0.6 is 0 Å². The molecule has 0 aromatic heterocycles. The van der Waals surface area contributed by atoms with Crippen molar-refractivity contribution in [3.8, 4) is 0 Å². The summed E-state index contributed by atoms with van der Waals surface area (Å²) in [6, 6.07) is 0. The number of nitrogens with zero attached hydrogens (tertiary/aromatic N) is 1. The zero-order valence-electron chi connectivity index (χ0n) is 5.46. The molecule has 1 heterocycles. The minimum atomic E-state index is -3.40. The van der Waals surface area contributed by atoms with Gasteiger partial charge in [-0.3, -0.25) is 0 Å². The summed E-state index contributed by atoms with van der Waals surface area (Å²) in [4.78, 5) is 0. The predicted octanol–water partition coefficient (Wildman–Crippen LogP) is -0.716. The van der Waals surface area contributed by atoms with Crippen LogP contribution in [0, 0.1) is 0 Å². The second kappa shape index (κ2) is 1.47. The van der Waals surface area contributed by atoms with E-state index >= 15 is 0 Å². The average molecular weight is 150 g/mol. The van der Waals surface area contributed by atoms with Crippen molar-refractivity contribution in [1.82, 2.24) is 4.31 Å². The fourth-order valence-corrected chi connectivity index (χ4v) is 1.94. The first-order valence-corrected chi connectivity index (χ1v) is 4.15. The minimum Gasteiger partial charge on any atom is -0.216 e. The van der Waals surface area contributed by atoms with E-state index in [4.69, 9.17) is 5.14 Å². The van der Waals surface area contributed by atoms with Gasteiger partial charge in [0.25, 0.3) is 10.2 Å². The molecule has 0 bridgehead atoms. The quantitative estimate of drug-likeness (QED) is 0.501. The highest BCUT2D eigenvalue weighted by Gasteiger charge is 2.49. The third-order valence-electron chi connectivity index (χ3n) is 1.41. The first-order chi connectivity index (χ1) is 3.84. The standard InChI is InChI=1S/C4H10N2O2S/c1-4(2)3-6(4)9(5,7)8/h3H2,1-2H3,(H2,5,7,8). The maximum absolute atomic E-state index is 10.5. The summed E-state index contributed by atoms with van der Waals surface area (Å²) in [5.74, 6) is 0. The van der Waals surface area contributed by atoms with Crippen molar-refractivity contribution >= 4 is 10.2 Å². The number of nitrogens with two attached hydrogens (primary N) is 1. The lowest BCUT2D eigenvalue weighted by Gasteiger charge is -2.00. The van der Waals surface area contributed by atoms with Gasteiger partial charge in [0.05, 0.1) is 0 Å². The van der Waals surface area contributed by atoms with Gasteiger partial charge in [-0.2, -0.15) is 12.7 Å². The molecule has 1 saturated heterocycles. The molecule has 5 heteroatoms. The van der Waals surface area contributed by atoms with E-state index in [1.165, 1.54) is 4.31 Å². The molecular weight excluding hydrogens is 140 g/mol. The highest BCUT2D eigenvalue weighted by molar-refractivity contribution is 7.87. The fourth-order valence-electron chi connectivity index (χ4n) is 0.751. The number of hydrogen-bond donors (Lipinski definition) is 1. The van der Waals surface area contributed by atoms with E-state index < -0.39 is 10.2 Å². The zero-order chi connectivity index (χ0) is 7.28. The summed E-state index contributed by atoms with van der Waals surface area (Å²) in [5, 5.41) is 4.81. The summed E-state index contributed by atoms with van der Waals surface area (Å²) in [7, 11) is -3.40. The van der Waals surface area contributed by atoms with Gasteiger partial charge in [0, 0.05) is 12.1 Å². The summed E-state index contributed by atoms with van der Waals surface area (Å²) in [6.07, 6.45) is 0. The minimum absolute atomic E-state index is 0.229. The van der Waals surface area contributed by atoms with Gasteiger partial charge < -0.3 is 0 Å². The maximum atomic E-state index is 10.5. The lowest BCUT2D eigenvalue weighted by molar-refractivity contribution is 0.532. The van der Waals surface area contributed by atoms with Crippen molar-refractivity contribution in [3.63, 3.8) is 0 Å². The van der Waals surface area contributed by atoms with E-state index in [0.717, 1.165) is 0 Å². The Balaban J connectivity index is 2.75. The first-order valence-electron chi connectivity index (χ1n) is 2.64. The monoisotopic (exact) mass is 150 g/mol. The number of rotatable bonds is 1. The van der Waals surface area contributed by atoms with Crippen LogP contribution in [0.3, 0.4) is 0 Å². The zero-order valence-corrected chi connectivity index (χ0v) is 6.27. The first kappa shape index (κ1) is 6.98. The second-order valence-electron chi connectivity index (χ2n) is 2.86. The molecule has 1 atom stereocenters. The van der Waals surface area contributed by atoms with E-state index in [1.807, 2.05) is 13.8 Å². The Morgan fingerprint density at radius 3 is 1.89 bits per heavy atom. The molecule has 2 N–H and O–H groups in total. The molecular formula is C4H10N2O2S. The maximum Gasteiger partial charge on any atom is 0.277 e. The number of hydrogen-bond acceptors (Lipinski definition) is 2. The molecule has 0 aromatic rings. The summed E-state index contributed by atoms with van der Waals surface area (Å²) in [6.45, 7) is 4.21. The largest absolute Gasteiger partial charge is 0.277 e. The molecule has 0 aliphatic carbocycles. The fraction of sp³-hybridized carbons (Fsp3) is 1.00. The van der Waals surface area contributed by atoms with E-state index in [2.05, 4.69) is 0 Å². The molecule has 0 aromatic carbocycles. The van der Waals surface area contributed by atoms with Crippen LogP contribution < -0.4 is 5.14 Å². The van der Waals surface area contributed by atoms with Crippen LogP contribution in [0.1, 0.15) is 13.8 Å². The Morgan fingerprint density at radius 1 is 1.56 bits per heavy atom. The lowest BCUT2D eigenvalue weighted by atomic mass is 10.3. The Labute approximate surface area is 54.8 Å². The van der Waals surface area contributed by atoms with Gasteiger partial charge in [-0.25, -0.2) is 5.14 Å². The predicted molar refractivity (Wildman–Crippen MR) is 33.9 cm³/mol. The molecule has 1 unspecified atom stereocenters. The van der Waals surface area contributed by atoms with Crippen LogP contribution in [-0.4, -0.2) is 24.8 Å². The van der Waals surface area contributed by atoms with Gasteiger partial charge in [-0.15, -0.1) is 0 Å². The normalized spacial score (nSPS) is 32.1. The van der Waals surface area contributed by atoms with Crippen molar-refractivity contribution in [1.29, 1.82) is 0 Å². The molecule has 1 rings (SSSR count). The van der Waals surface area contributed by atoms with Gasteiger partial charge in [0.2, 0.25) is 0 Å². The third-order valence-corrected chi connectivity index (χ3v) is 2.65. The van der Waals surface area contributed by atoms with Crippen LogP contribution in [0.25, 0.3) is 0 Å². The van der Waals surface area contributed by atoms with Crippen LogP contribution in [0.5, 0.6) is 0 Å². The molecule has 0 amide bonds. The molecule has 0 saturated carbocycles. The average Bonchev–Trinajstić information content (AvgIpc) is 2.10. The highest BCUT2D eigenvalue weighted by Crippen LogP contribution is 2.32. The summed E-state index contributed by atoms with van der Waals surface area (Å²) in [5.41, 5.74) is -0.229. The Kier molecular flexibility index (Phi) is 1.14. The lowest BCUT2D eigenvalue weighted by Crippen LogP contribution is -2.25. The van der Waals surface area contributed by atoms with Gasteiger partial charge in [-0.05, 0) is 13.8 Å². The summed E-state index contributed by atoms with van der Waals surface area (Å²) >= 11 is 0. The summed E-state index contributed by atoms with van der Waals surface area (Å²) < 4.78 is 22.3. The van der Waals surface area contributed by atoms with Crippen LogP contribution in [0.15, 0.2) is 0 Å². The van der Waals surface area contributed by atoms with E-state index in [0.29, 0.717) is 6.54 Å². The van der Waals surface area contributed by atoms with Gasteiger partial charge in [0.15, 0.2) is 0 Å². The van der Waals surface area contributed by atoms with Gasteiger partial charge in [-0.1, -0.05) is 0 Å². The van der Waals surface area contributed by atoms with Crippen LogP contribution in [0.4, 0.5) is 0 Å². The SMILES string of the molecule is CC1(C)CN1S(N)(=O)=O. The molecule has 9 heavy (non-hydrogen) atoms. The molecule has 54 valence electrons. The smallest absolute Gasteiger partial charge is 0.216 e. The van der Waals surface area contributed by atoms with Crippen molar-refractivity contribution < 1.29 is 8.42 Å². The molecule has 4 nitrogen and oxygen atoms in total. The van der Waals surface area contributed by atoms with Crippen molar-refractivity contribution in [2.45, 2.75) is 19.4 Å². The van der Waals surface area contributed by atoms with Crippen LogP contribution in [-0.2, 0) is 10.2 Å². The molecule has 1 aliphatic heterocycles. The van der Waals surface area contributed by atoms with Crippen molar-refractivity contribution in [2.24, 2.45) is 5.14 Å². The Morgan fingerprint density at radius 2 is 1.89 bits per heavy atom. The highest BCUT2D eigenvalue weighted by atomic mass is 32.2. The Bertz CT molecular complexity index is 219. The second-order valence-corrected chi connectivity index (χ2v) is 4.33. The van der Waals surface area contributed by atoms with Gasteiger partial charge >= 0.3 is 0 Å². The third kappa shape index (κ3) is 1.23. The topological polar surface area (TPSA) is 63.2 Å². The van der Waals surface area contributed by atoms with E-state index in [-0.39, 0.29) is 5.54 Å². The van der Waals surface area contributed by atoms with Crippen LogP contribution in [0.2, 0.25) is 0 Å². The molecule has 1 aliphatic rings. The molecule has 0 radical (unpaired) electrons. The Hall–Kier alpha value is -0.130. The van der Waals surface area contributed by atoms with Gasteiger partial charge in [0.1, 0.15) is 0 Å². The van der Waals surface area contributed by atoms with E-state index in [9.17, 15) is 8.42 Å². The molecule has 1 fully saturated rings.